The molecule has 18 heavy (non-hydrogen) atoms. The molecule has 1 rings (SSSR count). The van der Waals surface area contributed by atoms with Crippen LogP contribution in [-0.2, 0) is 0 Å². The van der Waals surface area contributed by atoms with Crippen LogP contribution in [0.4, 0.5) is 4.39 Å². The van der Waals surface area contributed by atoms with E-state index in [1.54, 1.807) is 38.9 Å². The van der Waals surface area contributed by atoms with Gasteiger partial charge in [-0.1, -0.05) is 18.2 Å². The van der Waals surface area contributed by atoms with E-state index in [1.807, 2.05) is 0 Å². The molecule has 0 spiro atoms. The topological polar surface area (TPSA) is 32.7 Å². The second kappa shape index (κ2) is 5.58. The average molecular weight is 248 g/mol. The van der Waals surface area contributed by atoms with Crippen LogP contribution in [0.3, 0.4) is 0 Å². The Labute approximate surface area is 107 Å². The highest BCUT2D eigenvalue weighted by molar-refractivity contribution is 6.00. The molecule has 1 aromatic rings. The first-order valence-electron chi connectivity index (χ1n) is 5.54. The third-order valence-electron chi connectivity index (χ3n) is 2.40. The van der Waals surface area contributed by atoms with E-state index in [1.165, 1.54) is 12.4 Å². The summed E-state index contributed by atoms with van der Waals surface area (Å²) in [6.45, 7) is 7.23. The number of aliphatic imine (C=N–C) groups is 1. The monoisotopic (exact) mass is 248 g/mol. The quantitative estimate of drug-likeness (QED) is 0.608. The predicted molar refractivity (Wildman–Crippen MR) is 72.4 cm³/mol. The molecule has 0 saturated heterocycles. The average Bonchev–Trinajstić information content (AvgIpc) is 2.25. The Morgan fingerprint density at radius 2 is 2.06 bits per heavy atom. The number of nitrogens with zero attached hydrogens (tertiary/aromatic N) is 2. The molecule has 0 aromatic heterocycles. The fourth-order valence-corrected chi connectivity index (χ4v) is 1.49. The van der Waals surface area contributed by atoms with E-state index in [4.69, 9.17) is 0 Å². The second-order valence-electron chi connectivity index (χ2n) is 4.44. The van der Waals surface area contributed by atoms with Crippen LogP contribution in [0.25, 0.3) is 5.57 Å². The molecule has 3 nitrogen and oxygen atoms in total. The zero-order valence-electron chi connectivity index (χ0n) is 11.1. The highest BCUT2D eigenvalue weighted by Gasteiger charge is 2.15. The smallest absolute Gasteiger partial charge is 0.281 e. The van der Waals surface area contributed by atoms with Crippen molar-refractivity contribution in [3.63, 3.8) is 0 Å². The summed E-state index contributed by atoms with van der Waals surface area (Å²) in [4.78, 5) is 17.1. The second-order valence-corrected chi connectivity index (χ2v) is 4.44. The molecule has 0 aliphatic rings. The van der Waals surface area contributed by atoms with Gasteiger partial charge in [0.25, 0.3) is 5.91 Å². The highest BCUT2D eigenvalue weighted by atomic mass is 19.1. The van der Waals surface area contributed by atoms with Crippen LogP contribution in [-0.4, -0.2) is 31.2 Å². The van der Waals surface area contributed by atoms with Crippen molar-refractivity contribution in [2.45, 2.75) is 13.8 Å². The molecule has 0 N–H and O–H groups in total. The van der Waals surface area contributed by atoms with Crippen LogP contribution in [0.15, 0.2) is 23.7 Å². The molecule has 0 unspecified atom stereocenters. The van der Waals surface area contributed by atoms with Crippen LogP contribution in [0.2, 0.25) is 0 Å². The highest BCUT2D eigenvalue weighted by Crippen LogP contribution is 2.21. The van der Waals surface area contributed by atoms with Crippen LogP contribution in [0, 0.1) is 12.7 Å². The minimum Gasteiger partial charge on any atom is -0.369 e. The van der Waals surface area contributed by atoms with Crippen LogP contribution in [0.5, 0.6) is 0 Å². The zero-order valence-corrected chi connectivity index (χ0v) is 11.1. The third-order valence-corrected chi connectivity index (χ3v) is 2.40. The molecule has 1 amide bonds. The molecule has 0 radical (unpaired) electrons. The Kier molecular flexibility index (Phi) is 4.37. The van der Waals surface area contributed by atoms with Crippen molar-refractivity contribution >= 4 is 17.8 Å². The van der Waals surface area contributed by atoms with Gasteiger partial charge in [-0.05, 0) is 31.0 Å². The molecule has 1 aromatic carbocycles. The first-order chi connectivity index (χ1) is 8.32. The zero-order chi connectivity index (χ0) is 13.9. The molecule has 0 aliphatic heterocycles. The molecule has 0 bridgehead atoms. The van der Waals surface area contributed by atoms with Crippen LogP contribution < -0.4 is 0 Å². The maximum atomic E-state index is 13.9. The summed E-state index contributed by atoms with van der Waals surface area (Å²) in [6, 6.07) is 3.05. The van der Waals surface area contributed by atoms with Crippen LogP contribution in [0.1, 0.15) is 28.4 Å². The van der Waals surface area contributed by atoms with E-state index in [0.717, 1.165) is 5.57 Å². The number of benzene rings is 1. The number of aryl methyl sites for hydroxylation is 1. The summed E-state index contributed by atoms with van der Waals surface area (Å²) in [5.41, 5.74) is 2.03. The van der Waals surface area contributed by atoms with Crippen molar-refractivity contribution in [3.8, 4) is 0 Å². The summed E-state index contributed by atoms with van der Waals surface area (Å²) in [5, 5.41) is 0. The van der Waals surface area contributed by atoms with Gasteiger partial charge in [0.05, 0.1) is 11.9 Å². The Balaban J connectivity index is 3.18. The molecule has 0 heterocycles. The summed E-state index contributed by atoms with van der Waals surface area (Å²) in [7, 11) is 3.48. The minimum atomic E-state index is -0.577. The lowest BCUT2D eigenvalue weighted by molar-refractivity contribution is 0.0998. The normalized spacial score (nSPS) is 10.7. The van der Waals surface area contributed by atoms with Gasteiger partial charge >= 0.3 is 0 Å². The van der Waals surface area contributed by atoms with E-state index in [-0.39, 0.29) is 5.56 Å². The molecule has 0 aliphatic carbocycles. The molecular weight excluding hydrogens is 231 g/mol. The standard InChI is InChI=1S/C14H17FN2O/c1-9(2)11-6-10(3)13(12(15)7-11)14(18)16-8-17(4)5/h6-8H,1H2,2-5H3. The fraction of sp³-hybridized carbons (Fsp3) is 0.286. The molecule has 0 fully saturated rings. The van der Waals surface area contributed by atoms with Crippen molar-refractivity contribution in [2.75, 3.05) is 14.1 Å². The number of hydrogen-bond donors (Lipinski definition) is 0. The SMILES string of the molecule is C=C(C)c1cc(C)c(C(=O)N=CN(C)C)c(F)c1. The minimum absolute atomic E-state index is 0.0121. The first kappa shape index (κ1) is 14.1. The van der Waals surface area contributed by atoms with E-state index in [2.05, 4.69) is 11.6 Å². The van der Waals surface area contributed by atoms with Gasteiger partial charge in [-0.25, -0.2) is 4.39 Å². The van der Waals surface area contributed by atoms with Gasteiger partial charge in [0.2, 0.25) is 0 Å². The van der Waals surface area contributed by atoms with Crippen molar-refractivity contribution in [2.24, 2.45) is 4.99 Å². The fourth-order valence-electron chi connectivity index (χ4n) is 1.49. The summed E-state index contributed by atoms with van der Waals surface area (Å²) < 4.78 is 13.9. The first-order valence-corrected chi connectivity index (χ1v) is 5.54. The van der Waals surface area contributed by atoms with Crippen molar-refractivity contribution < 1.29 is 9.18 Å². The van der Waals surface area contributed by atoms with Crippen molar-refractivity contribution in [1.29, 1.82) is 0 Å². The molecule has 96 valence electrons. The number of allylic oxidation sites excluding steroid dienone is 1. The van der Waals surface area contributed by atoms with Gasteiger partial charge in [0, 0.05) is 14.1 Å². The number of hydrogen-bond acceptors (Lipinski definition) is 1. The largest absolute Gasteiger partial charge is 0.369 e. The Morgan fingerprint density at radius 1 is 1.44 bits per heavy atom. The van der Waals surface area contributed by atoms with E-state index >= 15 is 0 Å². The van der Waals surface area contributed by atoms with Crippen molar-refractivity contribution in [3.05, 3.63) is 41.2 Å². The van der Waals surface area contributed by atoms with Gasteiger partial charge in [0.15, 0.2) is 0 Å². The van der Waals surface area contributed by atoms with Crippen molar-refractivity contribution in [1.82, 2.24) is 4.90 Å². The maximum absolute atomic E-state index is 13.9. The molecular formula is C14H17FN2O. The number of carbonyl (C=O) groups is 1. The summed E-state index contributed by atoms with van der Waals surface area (Å²) >= 11 is 0. The Bertz CT molecular complexity index is 496. The lowest BCUT2D eigenvalue weighted by atomic mass is 10.0. The Morgan fingerprint density at radius 3 is 2.50 bits per heavy atom. The number of amides is 1. The Hall–Kier alpha value is -1.97. The van der Waals surface area contributed by atoms with Crippen LogP contribution >= 0.6 is 0 Å². The van der Waals surface area contributed by atoms with Gasteiger partial charge < -0.3 is 4.90 Å². The molecule has 0 atom stereocenters. The van der Waals surface area contributed by atoms with Gasteiger partial charge in [0.1, 0.15) is 5.82 Å². The van der Waals surface area contributed by atoms with Gasteiger partial charge in [-0.2, -0.15) is 4.99 Å². The summed E-state index contributed by atoms with van der Waals surface area (Å²) in [5.74, 6) is -1.14. The third kappa shape index (κ3) is 3.26. The molecule has 0 saturated carbocycles. The van der Waals surface area contributed by atoms with E-state index < -0.39 is 11.7 Å². The van der Waals surface area contributed by atoms with Gasteiger partial charge in [-0.3, -0.25) is 4.79 Å². The summed E-state index contributed by atoms with van der Waals surface area (Å²) in [6.07, 6.45) is 1.36. The van der Waals surface area contributed by atoms with E-state index in [0.29, 0.717) is 11.1 Å². The van der Waals surface area contributed by atoms with Gasteiger partial charge in [-0.15, -0.1) is 0 Å². The lowest BCUT2D eigenvalue weighted by Crippen LogP contribution is -2.11. The van der Waals surface area contributed by atoms with E-state index in [9.17, 15) is 9.18 Å². The number of halogens is 1. The number of carbonyl (C=O) groups excluding carboxylic acids is 1. The maximum Gasteiger partial charge on any atom is 0.281 e. The number of rotatable bonds is 3. The predicted octanol–water partition coefficient (Wildman–Crippen LogP) is 2.90. The molecule has 4 heteroatoms. The lowest BCUT2D eigenvalue weighted by Gasteiger charge is -2.08.